The third-order valence-electron chi connectivity index (χ3n) is 1.43. The molecule has 1 rings (SSSR count). The molecule has 0 spiro atoms. The molecular weight excluding hydrogens is 172 g/mol. The van der Waals surface area contributed by atoms with E-state index in [0.717, 1.165) is 0 Å². The van der Waals surface area contributed by atoms with Crippen LogP contribution in [0.3, 0.4) is 0 Å². The van der Waals surface area contributed by atoms with Gasteiger partial charge in [0, 0.05) is 22.6 Å². The van der Waals surface area contributed by atoms with Gasteiger partial charge < -0.3 is 0 Å². The van der Waals surface area contributed by atoms with Crippen molar-refractivity contribution in [3.63, 3.8) is 0 Å². The molecule has 2 nitrogen and oxygen atoms in total. The van der Waals surface area contributed by atoms with Crippen LogP contribution in [-0.4, -0.2) is 22.0 Å². The maximum Gasteiger partial charge on any atom is 0.175 e. The quantitative estimate of drug-likeness (QED) is 0.659. The normalized spacial score (nSPS) is 12.4. The van der Waals surface area contributed by atoms with Crippen molar-refractivity contribution in [1.29, 1.82) is 0 Å². The van der Waals surface area contributed by atoms with Gasteiger partial charge >= 0.3 is 0 Å². The summed E-state index contributed by atoms with van der Waals surface area (Å²) in [6.07, 6.45) is 1.53. The second kappa shape index (κ2) is 4.16. The number of hydrogen-bond donors (Lipinski definition) is 0. The molecular formula is C9H10O2S. The van der Waals surface area contributed by atoms with Gasteiger partial charge in [0.15, 0.2) is 5.78 Å². The highest BCUT2D eigenvalue weighted by Crippen LogP contribution is 2.00. The van der Waals surface area contributed by atoms with Gasteiger partial charge in [-0.25, -0.2) is 0 Å². The summed E-state index contributed by atoms with van der Waals surface area (Å²) in [5.41, 5.74) is 0.632. The fourth-order valence-corrected chi connectivity index (χ4v) is 1.43. The molecule has 0 saturated carbocycles. The van der Waals surface area contributed by atoms with Gasteiger partial charge in [-0.15, -0.1) is 0 Å². The SMILES string of the molecule is CS(=O)CC(=O)c1ccccc1. The molecule has 1 unspecified atom stereocenters. The van der Waals surface area contributed by atoms with Gasteiger partial charge in [0.2, 0.25) is 0 Å². The number of carbonyl (C=O) groups excluding carboxylic acids is 1. The largest absolute Gasteiger partial charge is 0.293 e. The van der Waals surface area contributed by atoms with Crippen molar-refractivity contribution in [2.75, 3.05) is 12.0 Å². The first-order valence-electron chi connectivity index (χ1n) is 3.58. The highest BCUT2D eigenvalue weighted by molar-refractivity contribution is 7.85. The van der Waals surface area contributed by atoms with Crippen LogP contribution in [0.2, 0.25) is 0 Å². The standard InChI is InChI=1S/C9H10O2S/c1-12(11)7-9(10)8-5-3-2-4-6-8/h2-6H,7H2,1H3. The molecule has 3 heteroatoms. The lowest BCUT2D eigenvalue weighted by molar-refractivity contribution is 0.102. The maximum absolute atomic E-state index is 11.3. The summed E-state index contributed by atoms with van der Waals surface area (Å²) in [4.78, 5) is 11.3. The second-order valence-corrected chi connectivity index (χ2v) is 3.94. The minimum atomic E-state index is -1.05. The molecule has 0 amide bonds. The Balaban J connectivity index is 2.73. The minimum absolute atomic E-state index is 0.0589. The lowest BCUT2D eigenvalue weighted by Crippen LogP contribution is -2.09. The van der Waals surface area contributed by atoms with E-state index in [1.165, 1.54) is 6.26 Å². The molecule has 0 aliphatic rings. The van der Waals surface area contributed by atoms with Crippen LogP contribution >= 0.6 is 0 Å². The molecule has 0 radical (unpaired) electrons. The monoisotopic (exact) mass is 182 g/mol. The summed E-state index contributed by atoms with van der Waals surface area (Å²) in [5, 5.41) is 0. The average Bonchev–Trinajstić information content (AvgIpc) is 2.05. The minimum Gasteiger partial charge on any atom is -0.293 e. The molecule has 1 aromatic carbocycles. The third-order valence-corrected chi connectivity index (χ3v) is 2.10. The van der Waals surface area contributed by atoms with E-state index in [0.29, 0.717) is 5.56 Å². The van der Waals surface area contributed by atoms with E-state index in [9.17, 15) is 9.00 Å². The Labute approximate surface area is 74.1 Å². The zero-order valence-corrected chi connectivity index (χ0v) is 7.64. The lowest BCUT2D eigenvalue weighted by atomic mass is 10.2. The van der Waals surface area contributed by atoms with E-state index in [1.54, 1.807) is 24.3 Å². The summed E-state index contributed by atoms with van der Waals surface area (Å²) in [6.45, 7) is 0. The number of benzene rings is 1. The molecule has 0 saturated heterocycles. The Morgan fingerprint density at radius 1 is 1.33 bits per heavy atom. The Bertz CT molecular complexity index is 293. The van der Waals surface area contributed by atoms with Crippen LogP contribution in [0.5, 0.6) is 0 Å². The van der Waals surface area contributed by atoms with Crippen molar-refractivity contribution in [2.45, 2.75) is 0 Å². The molecule has 0 fully saturated rings. The Hall–Kier alpha value is -0.960. The van der Waals surface area contributed by atoms with E-state index in [2.05, 4.69) is 0 Å². The van der Waals surface area contributed by atoms with E-state index in [-0.39, 0.29) is 11.5 Å². The van der Waals surface area contributed by atoms with Crippen molar-refractivity contribution in [2.24, 2.45) is 0 Å². The van der Waals surface area contributed by atoms with Gasteiger partial charge in [0.1, 0.15) is 0 Å². The first-order valence-corrected chi connectivity index (χ1v) is 5.31. The van der Waals surface area contributed by atoms with Crippen LogP contribution in [0.1, 0.15) is 10.4 Å². The van der Waals surface area contributed by atoms with Crippen molar-refractivity contribution < 1.29 is 9.00 Å². The first-order chi connectivity index (χ1) is 5.70. The molecule has 0 aromatic heterocycles. The molecule has 0 aliphatic heterocycles. The van der Waals surface area contributed by atoms with Crippen LogP contribution in [0.4, 0.5) is 0 Å². The van der Waals surface area contributed by atoms with Gasteiger partial charge in [0.25, 0.3) is 0 Å². The van der Waals surface area contributed by atoms with Gasteiger partial charge in [-0.1, -0.05) is 30.3 Å². The van der Waals surface area contributed by atoms with Crippen molar-refractivity contribution >= 4 is 16.6 Å². The summed E-state index contributed by atoms with van der Waals surface area (Å²) in [7, 11) is -1.05. The topological polar surface area (TPSA) is 34.1 Å². The predicted octanol–water partition coefficient (Wildman–Crippen LogP) is 1.25. The van der Waals surface area contributed by atoms with Crippen molar-refractivity contribution in [3.8, 4) is 0 Å². The maximum atomic E-state index is 11.3. The molecule has 64 valence electrons. The van der Waals surface area contributed by atoms with Gasteiger partial charge in [-0.2, -0.15) is 0 Å². The van der Waals surface area contributed by atoms with Crippen molar-refractivity contribution in [1.82, 2.24) is 0 Å². The third kappa shape index (κ3) is 2.58. The molecule has 12 heavy (non-hydrogen) atoms. The second-order valence-electron chi connectivity index (χ2n) is 2.51. The number of carbonyl (C=O) groups is 1. The number of Topliss-reactive ketones (excluding diaryl/α,β-unsaturated/α-hetero) is 1. The summed E-state index contributed by atoms with van der Waals surface area (Å²) in [5.74, 6) is 0.0562. The fourth-order valence-electron chi connectivity index (χ4n) is 0.892. The van der Waals surface area contributed by atoms with E-state index in [1.807, 2.05) is 6.07 Å². The molecule has 1 atom stereocenters. The average molecular weight is 182 g/mol. The zero-order valence-electron chi connectivity index (χ0n) is 6.82. The highest BCUT2D eigenvalue weighted by atomic mass is 32.2. The predicted molar refractivity (Wildman–Crippen MR) is 49.7 cm³/mol. The molecule has 0 bridgehead atoms. The summed E-state index contributed by atoms with van der Waals surface area (Å²) < 4.78 is 10.7. The van der Waals surface area contributed by atoms with Crippen LogP contribution < -0.4 is 0 Å². The van der Waals surface area contributed by atoms with Crippen LogP contribution in [0.15, 0.2) is 30.3 Å². The van der Waals surface area contributed by atoms with Gasteiger partial charge in [-0.05, 0) is 0 Å². The summed E-state index contributed by atoms with van der Waals surface area (Å²) >= 11 is 0. The molecule has 1 aromatic rings. The number of rotatable bonds is 3. The number of ketones is 1. The first kappa shape index (κ1) is 9.13. The Morgan fingerprint density at radius 2 is 1.92 bits per heavy atom. The molecule has 0 N–H and O–H groups in total. The van der Waals surface area contributed by atoms with Gasteiger partial charge in [0.05, 0.1) is 5.75 Å². The van der Waals surface area contributed by atoms with E-state index >= 15 is 0 Å². The van der Waals surface area contributed by atoms with E-state index in [4.69, 9.17) is 0 Å². The Morgan fingerprint density at radius 3 is 2.42 bits per heavy atom. The van der Waals surface area contributed by atoms with Crippen LogP contribution in [0.25, 0.3) is 0 Å². The van der Waals surface area contributed by atoms with Gasteiger partial charge in [-0.3, -0.25) is 9.00 Å². The van der Waals surface area contributed by atoms with E-state index < -0.39 is 10.8 Å². The zero-order chi connectivity index (χ0) is 8.97. The number of hydrogen-bond acceptors (Lipinski definition) is 2. The highest BCUT2D eigenvalue weighted by Gasteiger charge is 2.05. The molecule has 0 aliphatic carbocycles. The van der Waals surface area contributed by atoms with Crippen LogP contribution in [-0.2, 0) is 10.8 Å². The summed E-state index contributed by atoms with van der Waals surface area (Å²) in [6, 6.07) is 8.90. The van der Waals surface area contributed by atoms with Crippen molar-refractivity contribution in [3.05, 3.63) is 35.9 Å². The Kier molecular flexibility index (Phi) is 3.17. The smallest absolute Gasteiger partial charge is 0.175 e. The fraction of sp³-hybridized carbons (Fsp3) is 0.222. The lowest BCUT2D eigenvalue weighted by Gasteiger charge is -1.96. The van der Waals surface area contributed by atoms with Crippen LogP contribution in [0, 0.1) is 0 Å². The molecule has 0 heterocycles.